The Bertz CT molecular complexity index is 269. The van der Waals surface area contributed by atoms with Gasteiger partial charge in [0.1, 0.15) is 0 Å². The first kappa shape index (κ1) is 12.3. The zero-order valence-electron chi connectivity index (χ0n) is 8.61. The molecular weight excluding hydrogens is 184 g/mol. The van der Waals surface area contributed by atoms with E-state index in [1.54, 1.807) is 6.92 Å². The summed E-state index contributed by atoms with van der Waals surface area (Å²) in [4.78, 5) is 18.3. The summed E-state index contributed by atoms with van der Waals surface area (Å²) in [5.74, 6) is -0.0283. The quantitative estimate of drug-likeness (QED) is 0.378. The van der Waals surface area contributed by atoms with Gasteiger partial charge in [-0.05, 0) is 13.6 Å². The fourth-order valence-electron chi connectivity index (χ4n) is 0.650. The zero-order valence-corrected chi connectivity index (χ0v) is 8.61. The highest BCUT2D eigenvalue weighted by atomic mass is 16.5. The molecule has 0 spiro atoms. The fraction of sp³-hybridized carbons (Fsp3) is 0.444. The van der Waals surface area contributed by atoms with Crippen LogP contribution in [0.5, 0.6) is 0 Å². The number of ether oxygens (including phenoxy) is 2. The standard InChI is InChI=1S/C9H14N2O3/c1-7(5-9(12)14-4)11-6-8(10-2)13-3/h6H,2,5H2,1,3-4H3/b8-6+,11-7+. The molecule has 0 bridgehead atoms. The Balaban J connectivity index is 4.30. The van der Waals surface area contributed by atoms with Crippen LogP contribution >= 0.6 is 0 Å². The lowest BCUT2D eigenvalue weighted by Crippen LogP contribution is -2.05. The summed E-state index contributed by atoms with van der Waals surface area (Å²) >= 11 is 0. The predicted octanol–water partition coefficient (Wildman–Crippen LogP) is 1.16. The summed E-state index contributed by atoms with van der Waals surface area (Å²) < 4.78 is 9.26. The molecule has 0 unspecified atom stereocenters. The van der Waals surface area contributed by atoms with Gasteiger partial charge < -0.3 is 9.47 Å². The van der Waals surface area contributed by atoms with Gasteiger partial charge in [0.05, 0.1) is 26.8 Å². The average molecular weight is 198 g/mol. The fourth-order valence-corrected chi connectivity index (χ4v) is 0.650. The van der Waals surface area contributed by atoms with Crippen molar-refractivity contribution in [1.29, 1.82) is 0 Å². The minimum atomic E-state index is -0.329. The van der Waals surface area contributed by atoms with Gasteiger partial charge in [-0.15, -0.1) is 0 Å². The predicted molar refractivity (Wildman–Crippen MR) is 54.4 cm³/mol. The molecule has 0 fully saturated rings. The van der Waals surface area contributed by atoms with Crippen molar-refractivity contribution in [1.82, 2.24) is 0 Å². The van der Waals surface area contributed by atoms with E-state index in [1.165, 1.54) is 20.4 Å². The van der Waals surface area contributed by atoms with Crippen LogP contribution in [0, 0.1) is 0 Å². The minimum absolute atomic E-state index is 0.154. The molecule has 0 saturated heterocycles. The van der Waals surface area contributed by atoms with Crippen LogP contribution in [0.15, 0.2) is 22.1 Å². The number of esters is 1. The Labute approximate surface area is 83.1 Å². The Kier molecular flexibility index (Phi) is 6.02. The van der Waals surface area contributed by atoms with Crippen LogP contribution in [0.1, 0.15) is 13.3 Å². The molecule has 0 radical (unpaired) electrons. The van der Waals surface area contributed by atoms with Crippen LogP contribution in [0.3, 0.4) is 0 Å². The molecule has 0 heterocycles. The van der Waals surface area contributed by atoms with Gasteiger partial charge in [-0.1, -0.05) is 0 Å². The van der Waals surface area contributed by atoms with Gasteiger partial charge in [0.2, 0.25) is 5.88 Å². The topological polar surface area (TPSA) is 60.2 Å². The summed E-state index contributed by atoms with van der Waals surface area (Å²) in [5, 5.41) is 0. The van der Waals surface area contributed by atoms with E-state index in [-0.39, 0.29) is 12.4 Å². The lowest BCUT2D eigenvalue weighted by atomic mass is 10.3. The van der Waals surface area contributed by atoms with E-state index in [4.69, 9.17) is 4.74 Å². The van der Waals surface area contributed by atoms with Crippen molar-refractivity contribution in [2.24, 2.45) is 9.98 Å². The SMILES string of the molecule is C=N/C(=C\N=C(/C)CC(=O)OC)OC. The molecule has 5 heteroatoms. The van der Waals surface area contributed by atoms with Crippen molar-refractivity contribution in [3.8, 4) is 0 Å². The molecule has 0 aliphatic heterocycles. The second-order valence-electron chi connectivity index (χ2n) is 2.45. The van der Waals surface area contributed by atoms with Crippen molar-refractivity contribution in [3.05, 3.63) is 12.1 Å². The number of aliphatic imine (C=N–C) groups is 2. The van der Waals surface area contributed by atoms with Crippen molar-refractivity contribution < 1.29 is 14.3 Å². The van der Waals surface area contributed by atoms with Crippen LogP contribution in [0.2, 0.25) is 0 Å². The molecule has 78 valence electrons. The lowest BCUT2D eigenvalue weighted by Gasteiger charge is -1.98. The zero-order chi connectivity index (χ0) is 11.0. The number of hydrogen-bond donors (Lipinski definition) is 0. The first-order valence-corrected chi connectivity index (χ1v) is 3.95. The molecule has 5 nitrogen and oxygen atoms in total. The number of rotatable bonds is 5. The Morgan fingerprint density at radius 1 is 1.43 bits per heavy atom. The van der Waals surface area contributed by atoms with E-state index < -0.39 is 0 Å². The van der Waals surface area contributed by atoms with Gasteiger partial charge >= 0.3 is 5.97 Å². The first-order chi connectivity index (χ1) is 6.63. The van der Waals surface area contributed by atoms with E-state index >= 15 is 0 Å². The van der Waals surface area contributed by atoms with E-state index in [0.29, 0.717) is 11.6 Å². The normalized spacial score (nSPS) is 12.2. The van der Waals surface area contributed by atoms with Gasteiger partial charge in [-0.25, -0.2) is 4.99 Å². The van der Waals surface area contributed by atoms with Gasteiger partial charge in [-0.2, -0.15) is 0 Å². The van der Waals surface area contributed by atoms with Crippen molar-refractivity contribution in [2.75, 3.05) is 14.2 Å². The Hall–Kier alpha value is -1.65. The molecule has 0 aromatic carbocycles. The smallest absolute Gasteiger partial charge is 0.311 e. The maximum atomic E-state index is 10.8. The second-order valence-corrected chi connectivity index (χ2v) is 2.45. The third-order valence-electron chi connectivity index (χ3n) is 1.39. The summed E-state index contributed by atoms with van der Waals surface area (Å²) in [5.41, 5.74) is 0.620. The average Bonchev–Trinajstić information content (AvgIpc) is 2.19. The summed E-state index contributed by atoms with van der Waals surface area (Å²) in [7, 11) is 2.79. The largest absolute Gasteiger partial charge is 0.480 e. The molecule has 0 rings (SSSR count). The maximum absolute atomic E-state index is 10.8. The number of hydrogen-bond acceptors (Lipinski definition) is 5. The van der Waals surface area contributed by atoms with Crippen LogP contribution in [-0.2, 0) is 14.3 Å². The highest BCUT2D eigenvalue weighted by Gasteiger charge is 2.01. The molecule has 0 saturated carbocycles. The van der Waals surface area contributed by atoms with Crippen LogP contribution < -0.4 is 0 Å². The number of carbonyl (C=O) groups is 1. The highest BCUT2D eigenvalue weighted by molar-refractivity contribution is 5.97. The molecular formula is C9H14N2O3. The maximum Gasteiger partial charge on any atom is 0.311 e. The van der Waals surface area contributed by atoms with E-state index in [2.05, 4.69) is 21.4 Å². The summed E-state index contributed by atoms with van der Waals surface area (Å²) in [6.07, 6.45) is 1.55. The number of nitrogens with zero attached hydrogens (tertiary/aromatic N) is 2. The Morgan fingerprint density at radius 2 is 2.07 bits per heavy atom. The molecule has 14 heavy (non-hydrogen) atoms. The summed E-state index contributed by atoms with van der Waals surface area (Å²) in [6, 6.07) is 0. The van der Waals surface area contributed by atoms with E-state index in [1.807, 2.05) is 0 Å². The van der Waals surface area contributed by atoms with Crippen molar-refractivity contribution in [3.63, 3.8) is 0 Å². The van der Waals surface area contributed by atoms with Gasteiger partial charge in [0.15, 0.2) is 0 Å². The third kappa shape index (κ3) is 5.08. The third-order valence-corrected chi connectivity index (χ3v) is 1.39. The number of methoxy groups -OCH3 is 2. The van der Waals surface area contributed by atoms with E-state index in [0.717, 1.165) is 0 Å². The van der Waals surface area contributed by atoms with Crippen LogP contribution in [-0.4, -0.2) is 32.6 Å². The first-order valence-electron chi connectivity index (χ1n) is 3.95. The lowest BCUT2D eigenvalue weighted by molar-refractivity contribution is -0.139. The van der Waals surface area contributed by atoms with Gasteiger partial charge in [0, 0.05) is 5.71 Å². The summed E-state index contributed by atoms with van der Waals surface area (Å²) in [6.45, 7) is 4.99. The Morgan fingerprint density at radius 3 is 2.50 bits per heavy atom. The number of carbonyl (C=O) groups excluding carboxylic acids is 1. The van der Waals surface area contributed by atoms with Gasteiger partial charge in [0.25, 0.3) is 0 Å². The van der Waals surface area contributed by atoms with Crippen molar-refractivity contribution in [2.45, 2.75) is 13.3 Å². The molecule has 0 aromatic heterocycles. The van der Waals surface area contributed by atoms with Crippen LogP contribution in [0.25, 0.3) is 0 Å². The van der Waals surface area contributed by atoms with Crippen molar-refractivity contribution >= 4 is 18.4 Å². The van der Waals surface area contributed by atoms with Crippen LogP contribution in [0.4, 0.5) is 0 Å². The molecule has 0 atom stereocenters. The molecule has 0 aliphatic carbocycles. The molecule has 0 aromatic rings. The minimum Gasteiger partial charge on any atom is -0.480 e. The van der Waals surface area contributed by atoms with Gasteiger partial charge in [-0.3, -0.25) is 9.79 Å². The molecule has 0 aliphatic rings. The van der Waals surface area contributed by atoms with E-state index in [9.17, 15) is 4.79 Å². The molecule has 0 N–H and O–H groups in total. The monoisotopic (exact) mass is 198 g/mol. The highest BCUT2D eigenvalue weighted by Crippen LogP contribution is 1.97. The molecule has 0 amide bonds. The second kappa shape index (κ2) is 6.82.